The number of carboxylic acid groups (broad SMARTS) is 1. The third-order valence-electron chi connectivity index (χ3n) is 3.93. The number of benzene rings is 2. The molecular formula is C20H24N6O6. The van der Waals surface area contributed by atoms with Gasteiger partial charge >= 0.3 is 5.97 Å². The molecule has 32 heavy (non-hydrogen) atoms. The average molecular weight is 444 g/mol. The number of hydrogen-bond donors (Lipinski definition) is 6. The van der Waals surface area contributed by atoms with Crippen molar-refractivity contribution in [1.82, 2.24) is 10.6 Å². The molecule has 12 heteroatoms. The van der Waals surface area contributed by atoms with E-state index in [1.54, 1.807) is 30.3 Å². The Hall–Kier alpha value is -4.48. The van der Waals surface area contributed by atoms with Gasteiger partial charge in [-0.25, -0.2) is 4.79 Å². The first-order valence-electron chi connectivity index (χ1n) is 9.35. The largest absolute Gasteiger partial charge is 0.480 e. The summed E-state index contributed by atoms with van der Waals surface area (Å²) in [6.45, 7) is 0.389. The number of guanidine groups is 1. The Morgan fingerprint density at radius 2 is 1.78 bits per heavy atom. The van der Waals surface area contributed by atoms with Gasteiger partial charge in [0.25, 0.3) is 11.6 Å². The Kier molecular flexibility index (Phi) is 10.9. The van der Waals surface area contributed by atoms with Gasteiger partial charge in [-0.05, 0) is 37.1 Å². The molecule has 0 aliphatic rings. The van der Waals surface area contributed by atoms with Gasteiger partial charge in [0, 0.05) is 29.9 Å². The zero-order valence-corrected chi connectivity index (χ0v) is 17.0. The molecule has 2 aromatic rings. The van der Waals surface area contributed by atoms with Crippen LogP contribution in [-0.4, -0.2) is 46.9 Å². The van der Waals surface area contributed by atoms with Crippen LogP contribution in [0.5, 0.6) is 0 Å². The maximum absolute atomic E-state index is 11.9. The minimum Gasteiger partial charge on any atom is -0.480 e. The van der Waals surface area contributed by atoms with Gasteiger partial charge in [0.05, 0.1) is 4.92 Å². The lowest BCUT2D eigenvalue weighted by atomic mass is 10.1. The highest BCUT2D eigenvalue weighted by Crippen LogP contribution is 2.14. The van der Waals surface area contributed by atoms with Gasteiger partial charge in [-0.3, -0.25) is 25.1 Å². The van der Waals surface area contributed by atoms with E-state index in [1.165, 1.54) is 24.3 Å². The summed E-state index contributed by atoms with van der Waals surface area (Å²) in [5.74, 6) is -1.67. The second-order valence-corrected chi connectivity index (χ2v) is 6.28. The number of nitrogens with one attached hydrogen (secondary N) is 4. The molecule has 0 aliphatic carbocycles. The molecule has 0 bridgehead atoms. The van der Waals surface area contributed by atoms with E-state index in [2.05, 4.69) is 16.0 Å². The summed E-state index contributed by atoms with van der Waals surface area (Å²) >= 11 is 0. The van der Waals surface area contributed by atoms with Crippen LogP contribution >= 0.6 is 0 Å². The molecule has 1 unspecified atom stereocenters. The van der Waals surface area contributed by atoms with Crippen LogP contribution in [0.3, 0.4) is 0 Å². The van der Waals surface area contributed by atoms with Crippen molar-refractivity contribution in [3.05, 3.63) is 70.3 Å². The number of rotatable bonds is 10. The lowest BCUT2D eigenvalue weighted by Gasteiger charge is -2.14. The highest BCUT2D eigenvalue weighted by Gasteiger charge is 2.20. The maximum Gasteiger partial charge on any atom is 0.326 e. The predicted octanol–water partition coefficient (Wildman–Crippen LogP) is 1.30. The third kappa shape index (κ3) is 9.82. The fourth-order valence-electron chi connectivity index (χ4n) is 2.37. The summed E-state index contributed by atoms with van der Waals surface area (Å²) in [6, 6.07) is 13.0. The lowest BCUT2D eigenvalue weighted by molar-refractivity contribution is -0.384. The zero-order valence-electron chi connectivity index (χ0n) is 17.0. The summed E-state index contributed by atoms with van der Waals surface area (Å²) in [5, 5.41) is 33.7. The normalized spacial score (nSPS) is 10.5. The molecule has 170 valence electrons. The number of hydrogen-bond acceptors (Lipinski definition) is 6. The molecule has 0 saturated carbocycles. The monoisotopic (exact) mass is 444 g/mol. The minimum atomic E-state index is -1.09. The number of nitrogens with two attached hydrogens (primary N) is 1. The van der Waals surface area contributed by atoms with Crippen LogP contribution in [0.1, 0.15) is 23.2 Å². The number of nitro groups is 1. The highest BCUT2D eigenvalue weighted by molar-refractivity contribution is 5.96. The van der Waals surface area contributed by atoms with Crippen molar-refractivity contribution in [1.29, 1.82) is 5.41 Å². The second-order valence-electron chi connectivity index (χ2n) is 6.28. The number of amides is 2. The van der Waals surface area contributed by atoms with Crippen molar-refractivity contribution in [3.63, 3.8) is 0 Å². The molecule has 0 radical (unpaired) electrons. The molecule has 2 amide bonds. The molecule has 0 spiro atoms. The second kappa shape index (κ2) is 13.7. The van der Waals surface area contributed by atoms with Gasteiger partial charge < -0.3 is 26.8 Å². The summed E-state index contributed by atoms with van der Waals surface area (Å²) in [6.07, 6.45) is 1.25. The fraction of sp³-hybridized carbons (Fsp3) is 0.200. The number of non-ortho nitro benzene ring substituents is 1. The molecule has 0 heterocycles. The summed E-state index contributed by atoms with van der Waals surface area (Å²) in [7, 11) is 0. The highest BCUT2D eigenvalue weighted by atomic mass is 16.6. The van der Waals surface area contributed by atoms with E-state index >= 15 is 0 Å². The quantitative estimate of drug-likeness (QED) is 0.0785. The smallest absolute Gasteiger partial charge is 0.326 e. The molecule has 2 rings (SSSR count). The molecule has 7 N–H and O–H groups in total. The molecule has 0 fully saturated rings. The van der Waals surface area contributed by atoms with Crippen molar-refractivity contribution in [2.75, 3.05) is 11.9 Å². The Bertz CT molecular complexity index is 920. The SMILES string of the molecule is N=C(N)NCCCC(NC(=O)c1ccccc1)C(=O)O.O=CNc1ccc([N+](=O)[O-])cc1. The first kappa shape index (κ1) is 25.6. The van der Waals surface area contributed by atoms with Crippen LogP contribution in [0.25, 0.3) is 0 Å². The molecular weight excluding hydrogens is 420 g/mol. The van der Waals surface area contributed by atoms with E-state index in [0.717, 1.165) is 0 Å². The van der Waals surface area contributed by atoms with Crippen molar-refractivity contribution in [2.24, 2.45) is 5.73 Å². The van der Waals surface area contributed by atoms with Crippen LogP contribution in [0.2, 0.25) is 0 Å². The summed E-state index contributed by atoms with van der Waals surface area (Å²) in [4.78, 5) is 42.6. The van der Waals surface area contributed by atoms with Crippen molar-refractivity contribution in [2.45, 2.75) is 18.9 Å². The lowest BCUT2D eigenvalue weighted by Crippen LogP contribution is -2.41. The predicted molar refractivity (Wildman–Crippen MR) is 117 cm³/mol. The Balaban J connectivity index is 0.000000363. The number of anilines is 1. The minimum absolute atomic E-state index is 0.00597. The van der Waals surface area contributed by atoms with Gasteiger partial charge in [0.2, 0.25) is 6.41 Å². The van der Waals surface area contributed by atoms with Crippen molar-refractivity contribution in [3.8, 4) is 0 Å². The Morgan fingerprint density at radius 1 is 1.16 bits per heavy atom. The summed E-state index contributed by atoms with van der Waals surface area (Å²) in [5.41, 5.74) is 6.07. The number of nitro benzene ring substituents is 1. The van der Waals surface area contributed by atoms with Gasteiger partial charge in [-0.2, -0.15) is 0 Å². The Labute approximate surface area is 183 Å². The third-order valence-corrected chi connectivity index (χ3v) is 3.93. The molecule has 0 saturated heterocycles. The zero-order chi connectivity index (χ0) is 23.9. The van der Waals surface area contributed by atoms with E-state index in [0.29, 0.717) is 30.6 Å². The van der Waals surface area contributed by atoms with E-state index in [9.17, 15) is 24.5 Å². The van der Waals surface area contributed by atoms with Gasteiger partial charge in [-0.1, -0.05) is 18.2 Å². The molecule has 1 atom stereocenters. The van der Waals surface area contributed by atoms with Crippen LogP contribution in [0.15, 0.2) is 54.6 Å². The maximum atomic E-state index is 11.9. The van der Waals surface area contributed by atoms with Crippen LogP contribution in [0.4, 0.5) is 11.4 Å². The van der Waals surface area contributed by atoms with Gasteiger partial charge in [0.1, 0.15) is 6.04 Å². The van der Waals surface area contributed by atoms with Crippen LogP contribution in [0, 0.1) is 15.5 Å². The van der Waals surface area contributed by atoms with Gasteiger partial charge in [-0.15, -0.1) is 0 Å². The van der Waals surface area contributed by atoms with E-state index in [1.807, 2.05) is 0 Å². The number of nitrogens with zero attached hydrogens (tertiary/aromatic N) is 1. The number of carbonyl (C=O) groups is 3. The summed E-state index contributed by atoms with van der Waals surface area (Å²) < 4.78 is 0. The molecule has 0 aromatic heterocycles. The van der Waals surface area contributed by atoms with E-state index in [-0.39, 0.29) is 18.1 Å². The van der Waals surface area contributed by atoms with E-state index in [4.69, 9.17) is 16.2 Å². The topological polar surface area (TPSA) is 201 Å². The molecule has 0 aliphatic heterocycles. The number of carboxylic acids is 1. The standard InChI is InChI=1S/C13H18N4O3.C7H6N2O3/c14-13(15)16-8-4-7-10(12(19)20)17-11(18)9-5-2-1-3-6-9;10-5-8-6-1-3-7(4-2-6)9(11)12/h1-3,5-6,10H,4,7-8H2,(H,17,18)(H,19,20)(H4,14,15,16);1-5H,(H,8,10). The van der Waals surface area contributed by atoms with Crippen LogP contribution < -0.4 is 21.7 Å². The fourth-order valence-corrected chi connectivity index (χ4v) is 2.37. The van der Waals surface area contributed by atoms with E-state index < -0.39 is 22.8 Å². The molecule has 12 nitrogen and oxygen atoms in total. The van der Waals surface area contributed by atoms with Crippen molar-refractivity contribution >= 4 is 35.6 Å². The average Bonchev–Trinajstić information content (AvgIpc) is 2.77. The molecule has 2 aromatic carbocycles. The van der Waals surface area contributed by atoms with Gasteiger partial charge in [0.15, 0.2) is 5.96 Å². The van der Waals surface area contributed by atoms with Crippen LogP contribution in [-0.2, 0) is 9.59 Å². The number of carbonyl (C=O) groups excluding carboxylic acids is 2. The Morgan fingerprint density at radius 3 is 2.28 bits per heavy atom. The first-order valence-corrected chi connectivity index (χ1v) is 9.35. The van der Waals surface area contributed by atoms with Crippen molar-refractivity contribution < 1.29 is 24.4 Å². The number of aliphatic carboxylic acids is 1. The first-order chi connectivity index (χ1) is 15.2.